The Hall–Kier alpha value is -0.130. The van der Waals surface area contributed by atoms with Gasteiger partial charge in [-0.05, 0) is 19.3 Å². The lowest BCUT2D eigenvalue weighted by atomic mass is 9.91. The fourth-order valence-electron chi connectivity index (χ4n) is 2.20. The summed E-state index contributed by atoms with van der Waals surface area (Å²) in [6.45, 7) is 4.86. The second-order valence-electron chi connectivity index (χ2n) is 6.02. The number of aliphatic hydroxyl groups is 1. The minimum Gasteiger partial charge on any atom is -0.396 e. The van der Waals surface area contributed by atoms with Crippen LogP contribution in [0.2, 0.25) is 0 Å². The summed E-state index contributed by atoms with van der Waals surface area (Å²) in [6, 6.07) is 0.272. The van der Waals surface area contributed by atoms with E-state index in [9.17, 15) is 8.42 Å². The smallest absolute Gasteiger partial charge is 0.150 e. The summed E-state index contributed by atoms with van der Waals surface area (Å²) in [5.41, 5.74) is -0.141. The zero-order valence-corrected chi connectivity index (χ0v) is 11.9. The third-order valence-corrected chi connectivity index (χ3v) is 5.17. The van der Waals surface area contributed by atoms with Crippen LogP contribution in [0.1, 0.15) is 39.5 Å². The lowest BCUT2D eigenvalue weighted by Crippen LogP contribution is -2.43. The maximum Gasteiger partial charge on any atom is 0.150 e. The Morgan fingerprint density at radius 3 is 2.53 bits per heavy atom. The number of rotatable bonds is 5. The van der Waals surface area contributed by atoms with Crippen molar-refractivity contribution in [2.24, 2.45) is 5.41 Å². The van der Waals surface area contributed by atoms with Crippen molar-refractivity contribution in [1.29, 1.82) is 0 Å². The average Bonchev–Trinajstić information content (AvgIpc) is 2.26. The van der Waals surface area contributed by atoms with Crippen LogP contribution in [0.25, 0.3) is 0 Å². The van der Waals surface area contributed by atoms with Gasteiger partial charge >= 0.3 is 0 Å². The van der Waals surface area contributed by atoms with Crippen molar-refractivity contribution in [3.63, 3.8) is 0 Å². The Bertz CT molecular complexity index is 338. The molecular formula is C12H25NO3S. The molecule has 0 saturated heterocycles. The first-order valence-corrected chi connectivity index (χ1v) is 8.23. The van der Waals surface area contributed by atoms with Gasteiger partial charge in [0.1, 0.15) is 9.84 Å². The third-order valence-electron chi connectivity index (χ3n) is 3.53. The molecule has 0 radical (unpaired) electrons. The molecule has 17 heavy (non-hydrogen) atoms. The predicted octanol–water partition coefficient (Wildman–Crippen LogP) is 0.950. The molecule has 1 saturated carbocycles. The van der Waals surface area contributed by atoms with Crippen molar-refractivity contribution in [2.45, 2.75) is 50.8 Å². The Morgan fingerprint density at radius 2 is 2.00 bits per heavy atom. The van der Waals surface area contributed by atoms with E-state index in [1.54, 1.807) is 0 Å². The molecule has 1 fully saturated rings. The highest BCUT2D eigenvalue weighted by molar-refractivity contribution is 7.91. The monoisotopic (exact) mass is 263 g/mol. The van der Waals surface area contributed by atoms with Crippen LogP contribution < -0.4 is 5.32 Å². The van der Waals surface area contributed by atoms with E-state index >= 15 is 0 Å². The first-order chi connectivity index (χ1) is 7.74. The molecule has 2 N–H and O–H groups in total. The van der Waals surface area contributed by atoms with Crippen molar-refractivity contribution in [3.8, 4) is 0 Å². The molecule has 0 amide bonds. The van der Waals surface area contributed by atoms with E-state index in [0.717, 1.165) is 25.8 Å². The molecule has 2 atom stereocenters. The van der Waals surface area contributed by atoms with Gasteiger partial charge in [-0.2, -0.15) is 0 Å². The average molecular weight is 263 g/mol. The molecule has 0 aromatic heterocycles. The summed E-state index contributed by atoms with van der Waals surface area (Å²) in [6.07, 6.45) is 4.83. The molecule has 1 rings (SSSR count). The minimum atomic E-state index is -2.91. The van der Waals surface area contributed by atoms with Crippen LogP contribution in [0.5, 0.6) is 0 Å². The van der Waals surface area contributed by atoms with E-state index in [1.807, 2.05) is 13.8 Å². The van der Waals surface area contributed by atoms with Gasteiger partial charge < -0.3 is 10.4 Å². The Balaban J connectivity index is 2.46. The van der Waals surface area contributed by atoms with Gasteiger partial charge in [-0.3, -0.25) is 0 Å². The largest absolute Gasteiger partial charge is 0.396 e. The van der Waals surface area contributed by atoms with Crippen LogP contribution in [0.15, 0.2) is 0 Å². The summed E-state index contributed by atoms with van der Waals surface area (Å²) in [4.78, 5) is 0. The highest BCUT2D eigenvalue weighted by Gasteiger charge is 2.29. The first kappa shape index (κ1) is 14.9. The summed E-state index contributed by atoms with van der Waals surface area (Å²) in [7, 11) is -2.91. The van der Waals surface area contributed by atoms with Gasteiger partial charge in [0.15, 0.2) is 0 Å². The van der Waals surface area contributed by atoms with Gasteiger partial charge in [0.2, 0.25) is 0 Å². The van der Waals surface area contributed by atoms with Crippen LogP contribution in [0, 0.1) is 5.41 Å². The van der Waals surface area contributed by atoms with Gasteiger partial charge in [0.25, 0.3) is 0 Å². The number of aliphatic hydroxyl groups excluding tert-OH is 1. The van der Waals surface area contributed by atoms with Crippen molar-refractivity contribution in [2.75, 3.05) is 19.4 Å². The summed E-state index contributed by atoms with van der Waals surface area (Å²) in [5, 5.41) is 12.4. The molecule has 1 aliphatic carbocycles. The third kappa shape index (κ3) is 4.94. The van der Waals surface area contributed by atoms with Crippen LogP contribution in [-0.2, 0) is 9.84 Å². The maximum atomic E-state index is 11.5. The first-order valence-electron chi connectivity index (χ1n) is 6.28. The van der Waals surface area contributed by atoms with Gasteiger partial charge in [0.05, 0.1) is 5.25 Å². The predicted molar refractivity (Wildman–Crippen MR) is 69.8 cm³/mol. The molecule has 0 aromatic rings. The lowest BCUT2D eigenvalue weighted by Gasteiger charge is -2.32. The van der Waals surface area contributed by atoms with Crippen molar-refractivity contribution < 1.29 is 13.5 Å². The van der Waals surface area contributed by atoms with E-state index in [1.165, 1.54) is 6.26 Å². The highest BCUT2D eigenvalue weighted by Crippen LogP contribution is 2.24. The van der Waals surface area contributed by atoms with Crippen LogP contribution in [0.4, 0.5) is 0 Å². The standard InChI is InChI=1S/C12H25NO3S/c1-12(2,9-14)8-13-10-5-4-6-11(7-10)17(3,15)16/h10-11,13-14H,4-9H2,1-3H3. The second-order valence-corrected chi connectivity index (χ2v) is 8.34. The zero-order valence-electron chi connectivity index (χ0n) is 11.1. The van der Waals surface area contributed by atoms with Crippen LogP contribution in [-0.4, -0.2) is 44.2 Å². The van der Waals surface area contributed by atoms with E-state index in [4.69, 9.17) is 5.11 Å². The Labute approximate surface area is 105 Å². The SMILES string of the molecule is CC(C)(CO)CNC1CCCC(S(C)(=O)=O)C1. The van der Waals surface area contributed by atoms with Crippen LogP contribution >= 0.6 is 0 Å². The molecule has 0 bridgehead atoms. The molecule has 4 nitrogen and oxygen atoms in total. The maximum absolute atomic E-state index is 11.5. The van der Waals surface area contributed by atoms with Gasteiger partial charge in [-0.25, -0.2) is 8.42 Å². The Kier molecular flexibility index (Phi) is 4.98. The number of hydrogen-bond acceptors (Lipinski definition) is 4. The summed E-state index contributed by atoms with van der Waals surface area (Å²) in [5.74, 6) is 0. The summed E-state index contributed by atoms with van der Waals surface area (Å²) < 4.78 is 23.0. The van der Waals surface area contributed by atoms with Crippen molar-refractivity contribution in [3.05, 3.63) is 0 Å². The highest BCUT2D eigenvalue weighted by atomic mass is 32.2. The molecule has 0 heterocycles. The number of hydrogen-bond donors (Lipinski definition) is 2. The lowest BCUT2D eigenvalue weighted by molar-refractivity contribution is 0.150. The Morgan fingerprint density at radius 1 is 1.35 bits per heavy atom. The second kappa shape index (κ2) is 5.67. The number of nitrogens with one attached hydrogen (secondary N) is 1. The molecule has 5 heteroatoms. The topological polar surface area (TPSA) is 66.4 Å². The van der Waals surface area contributed by atoms with Gasteiger partial charge in [-0.15, -0.1) is 0 Å². The fourth-order valence-corrected chi connectivity index (χ4v) is 3.37. The molecule has 0 aromatic carbocycles. The minimum absolute atomic E-state index is 0.141. The quantitative estimate of drug-likeness (QED) is 0.775. The summed E-state index contributed by atoms with van der Waals surface area (Å²) >= 11 is 0. The molecule has 0 aliphatic heterocycles. The van der Waals surface area contributed by atoms with Crippen molar-refractivity contribution in [1.82, 2.24) is 5.32 Å². The fraction of sp³-hybridized carbons (Fsp3) is 1.00. The van der Waals surface area contributed by atoms with Crippen molar-refractivity contribution >= 4 is 9.84 Å². The molecule has 102 valence electrons. The molecular weight excluding hydrogens is 238 g/mol. The van der Waals surface area contributed by atoms with Gasteiger partial charge in [-0.1, -0.05) is 20.3 Å². The molecule has 1 aliphatic rings. The normalized spacial score (nSPS) is 27.1. The molecule has 2 unspecified atom stereocenters. The zero-order chi connectivity index (χ0) is 13.1. The molecule has 0 spiro atoms. The van der Waals surface area contributed by atoms with E-state index < -0.39 is 9.84 Å². The van der Waals surface area contributed by atoms with E-state index in [-0.39, 0.29) is 23.3 Å². The number of sulfone groups is 1. The van der Waals surface area contributed by atoms with Crippen LogP contribution in [0.3, 0.4) is 0 Å². The van der Waals surface area contributed by atoms with Gasteiger partial charge in [0, 0.05) is 30.9 Å². The van der Waals surface area contributed by atoms with E-state index in [0.29, 0.717) is 6.42 Å². The van der Waals surface area contributed by atoms with E-state index in [2.05, 4.69) is 5.32 Å².